The number of rotatable bonds is 8. The lowest BCUT2D eigenvalue weighted by molar-refractivity contribution is -0.137. The number of sulfonamides is 1. The van der Waals surface area contributed by atoms with Crippen LogP contribution in [0.1, 0.15) is 30.3 Å². The number of hydrogen-bond donors (Lipinski definition) is 1. The van der Waals surface area contributed by atoms with Crippen LogP contribution in [0.15, 0.2) is 59.6 Å². The largest absolute Gasteiger partial charge is 0.461 e. The van der Waals surface area contributed by atoms with Crippen LogP contribution in [0.5, 0.6) is 0 Å². The van der Waals surface area contributed by atoms with E-state index in [1.165, 1.54) is 9.31 Å². The number of hydrogen-bond acceptors (Lipinski definition) is 8. The van der Waals surface area contributed by atoms with Crippen LogP contribution in [0.3, 0.4) is 0 Å². The Morgan fingerprint density at radius 1 is 1.05 bits per heavy atom. The highest BCUT2D eigenvalue weighted by Crippen LogP contribution is 2.26. The first-order valence-electron chi connectivity index (χ1n) is 13.4. The van der Waals surface area contributed by atoms with Crippen molar-refractivity contribution in [2.45, 2.75) is 24.7 Å². The average molecular weight is 586 g/mol. The highest BCUT2D eigenvalue weighted by atomic mass is 35.5. The average Bonchev–Trinajstić information content (AvgIpc) is 2.96. The van der Waals surface area contributed by atoms with Crippen LogP contribution in [-0.2, 0) is 19.6 Å². The van der Waals surface area contributed by atoms with Crippen molar-refractivity contribution in [1.82, 2.24) is 19.7 Å². The molecule has 1 amide bonds. The molecular weight excluding hydrogens is 554 g/mol. The molecule has 0 bridgehead atoms. The lowest BCUT2D eigenvalue weighted by Gasteiger charge is -2.37. The number of fused-ring (bicyclic) bond motifs is 1. The van der Waals surface area contributed by atoms with Gasteiger partial charge in [0, 0.05) is 43.1 Å². The van der Waals surface area contributed by atoms with Gasteiger partial charge in [0.15, 0.2) is 0 Å². The third-order valence-corrected chi connectivity index (χ3v) is 9.45. The molecule has 0 spiro atoms. The van der Waals surface area contributed by atoms with E-state index in [1.807, 2.05) is 6.07 Å². The lowest BCUT2D eigenvalue weighted by atomic mass is 9.96. The number of benzene rings is 2. The molecule has 1 aromatic heterocycles. The van der Waals surface area contributed by atoms with Gasteiger partial charge in [0.25, 0.3) is 5.91 Å². The van der Waals surface area contributed by atoms with Gasteiger partial charge in [0.05, 0.1) is 24.6 Å². The Morgan fingerprint density at radius 2 is 1.80 bits per heavy atom. The van der Waals surface area contributed by atoms with E-state index in [0.29, 0.717) is 29.8 Å². The smallest absolute Gasteiger partial charge is 0.356 e. The van der Waals surface area contributed by atoms with Crippen molar-refractivity contribution in [2.75, 3.05) is 50.8 Å². The molecule has 12 heteroatoms. The van der Waals surface area contributed by atoms with Crippen molar-refractivity contribution in [2.24, 2.45) is 5.92 Å². The van der Waals surface area contributed by atoms with E-state index in [9.17, 15) is 18.0 Å². The molecule has 2 aliphatic rings. The Kier molecular flexibility index (Phi) is 8.55. The van der Waals surface area contributed by atoms with E-state index in [-0.39, 0.29) is 30.4 Å². The zero-order chi connectivity index (χ0) is 28.3. The second-order valence-corrected chi connectivity index (χ2v) is 12.3. The molecule has 2 aliphatic heterocycles. The maximum absolute atomic E-state index is 13.3. The van der Waals surface area contributed by atoms with Gasteiger partial charge >= 0.3 is 5.97 Å². The molecule has 0 radical (unpaired) electrons. The second-order valence-electron chi connectivity index (χ2n) is 9.95. The predicted molar refractivity (Wildman–Crippen MR) is 153 cm³/mol. The van der Waals surface area contributed by atoms with Crippen molar-refractivity contribution in [3.8, 4) is 0 Å². The minimum atomic E-state index is -3.81. The van der Waals surface area contributed by atoms with Crippen molar-refractivity contribution in [3.05, 3.63) is 65.4 Å². The molecule has 5 rings (SSSR count). The molecule has 0 unspecified atom stereocenters. The molecule has 212 valence electrons. The number of piperidine rings is 1. The third kappa shape index (κ3) is 6.22. The summed E-state index contributed by atoms with van der Waals surface area (Å²) in [5.74, 6) is -0.338. The van der Waals surface area contributed by atoms with E-state index in [1.54, 1.807) is 55.6 Å². The molecule has 2 fully saturated rings. The summed E-state index contributed by atoms with van der Waals surface area (Å²) in [5, 5.41) is 3.74. The maximum atomic E-state index is 13.3. The topological polar surface area (TPSA) is 112 Å². The number of anilines is 1. The highest BCUT2D eigenvalue weighted by molar-refractivity contribution is 7.89. The SMILES string of the molecule is CCOC(=O)c1cc(N2CCC(CNN3CCN(S(=O)(=O)c4ccc5cc(Cl)ccc5c4)CC3=O)CC2)ccn1. The fourth-order valence-corrected chi connectivity index (χ4v) is 6.69. The number of ether oxygens (including phenoxy) is 1. The number of nitrogens with zero attached hydrogens (tertiary/aromatic N) is 4. The molecule has 0 saturated carbocycles. The fourth-order valence-electron chi connectivity index (χ4n) is 5.10. The van der Waals surface area contributed by atoms with Gasteiger partial charge < -0.3 is 9.64 Å². The van der Waals surface area contributed by atoms with Gasteiger partial charge in [-0.2, -0.15) is 4.31 Å². The van der Waals surface area contributed by atoms with E-state index in [2.05, 4.69) is 15.3 Å². The Morgan fingerprint density at radius 3 is 2.55 bits per heavy atom. The van der Waals surface area contributed by atoms with Crippen LogP contribution >= 0.6 is 11.6 Å². The number of aromatic nitrogens is 1. The molecule has 10 nitrogen and oxygen atoms in total. The summed E-state index contributed by atoms with van der Waals surface area (Å²) in [5.41, 5.74) is 4.47. The first-order chi connectivity index (χ1) is 19.2. The third-order valence-electron chi connectivity index (χ3n) is 7.38. The number of halogens is 1. The number of carbonyl (C=O) groups excluding carboxylic acids is 2. The van der Waals surface area contributed by atoms with Crippen molar-refractivity contribution < 1.29 is 22.7 Å². The molecule has 2 saturated heterocycles. The molecule has 3 heterocycles. The van der Waals surface area contributed by atoms with Crippen LogP contribution in [0.2, 0.25) is 5.02 Å². The Hall–Kier alpha value is -3.25. The van der Waals surface area contributed by atoms with Gasteiger partial charge in [0.2, 0.25) is 10.0 Å². The van der Waals surface area contributed by atoms with Crippen LogP contribution in [0, 0.1) is 5.92 Å². The summed E-state index contributed by atoms with van der Waals surface area (Å²) in [6, 6.07) is 13.8. The van der Waals surface area contributed by atoms with Crippen molar-refractivity contribution in [3.63, 3.8) is 0 Å². The molecule has 40 heavy (non-hydrogen) atoms. The van der Waals surface area contributed by atoms with E-state index in [0.717, 1.165) is 42.4 Å². The number of nitrogens with one attached hydrogen (secondary N) is 1. The summed E-state index contributed by atoms with van der Waals surface area (Å²) in [6.45, 7) is 4.60. The van der Waals surface area contributed by atoms with Crippen LogP contribution in [0.25, 0.3) is 10.8 Å². The molecular formula is C28H32ClN5O5S. The zero-order valence-corrected chi connectivity index (χ0v) is 23.8. The number of carbonyl (C=O) groups is 2. The van der Waals surface area contributed by atoms with Gasteiger partial charge in [-0.3, -0.25) is 9.80 Å². The van der Waals surface area contributed by atoms with Gasteiger partial charge in [-0.1, -0.05) is 23.7 Å². The van der Waals surface area contributed by atoms with Crippen molar-refractivity contribution >= 4 is 50.0 Å². The minimum absolute atomic E-state index is 0.159. The summed E-state index contributed by atoms with van der Waals surface area (Å²) in [7, 11) is -3.81. The number of hydrazine groups is 1. The summed E-state index contributed by atoms with van der Waals surface area (Å²) < 4.78 is 32.8. The van der Waals surface area contributed by atoms with E-state index >= 15 is 0 Å². The zero-order valence-electron chi connectivity index (χ0n) is 22.3. The number of pyridine rings is 1. The molecule has 0 aliphatic carbocycles. The molecule has 0 atom stereocenters. The fraction of sp³-hybridized carbons (Fsp3) is 0.393. The summed E-state index contributed by atoms with van der Waals surface area (Å²) >= 11 is 6.04. The van der Waals surface area contributed by atoms with Gasteiger partial charge in [-0.15, -0.1) is 0 Å². The first kappa shape index (κ1) is 28.3. The normalized spacial score (nSPS) is 17.4. The van der Waals surface area contributed by atoms with E-state index < -0.39 is 16.0 Å². The first-order valence-corrected chi connectivity index (χ1v) is 15.2. The Bertz CT molecular complexity index is 1510. The molecule has 3 aromatic rings. The summed E-state index contributed by atoms with van der Waals surface area (Å²) in [4.78, 5) is 31.4. The maximum Gasteiger partial charge on any atom is 0.356 e. The van der Waals surface area contributed by atoms with Gasteiger partial charge in [0.1, 0.15) is 5.69 Å². The Labute approximate surface area is 238 Å². The molecule has 2 aromatic carbocycles. The minimum Gasteiger partial charge on any atom is -0.461 e. The number of piperazine rings is 1. The van der Waals surface area contributed by atoms with E-state index in [4.69, 9.17) is 16.3 Å². The Balaban J connectivity index is 1.12. The van der Waals surface area contributed by atoms with Crippen molar-refractivity contribution in [1.29, 1.82) is 0 Å². The number of amides is 1. The lowest BCUT2D eigenvalue weighted by Crippen LogP contribution is -2.57. The number of esters is 1. The highest BCUT2D eigenvalue weighted by Gasteiger charge is 2.33. The van der Waals surface area contributed by atoms with Crippen LogP contribution < -0.4 is 10.3 Å². The van der Waals surface area contributed by atoms with Crippen LogP contribution in [0.4, 0.5) is 5.69 Å². The van der Waals surface area contributed by atoms with Gasteiger partial charge in [-0.25, -0.2) is 23.6 Å². The monoisotopic (exact) mass is 585 g/mol. The van der Waals surface area contributed by atoms with Crippen LogP contribution in [-0.4, -0.2) is 80.5 Å². The van der Waals surface area contributed by atoms with Gasteiger partial charge in [-0.05, 0) is 72.9 Å². The standard InChI is InChI=1S/C28H32ClN5O5S/c1-2-39-28(36)26-17-24(7-10-30-26)32-11-8-20(9-12-32)18-31-34-14-13-33(19-27(34)35)40(37,38)25-6-4-21-15-23(29)5-3-22(21)16-25/h3-7,10,15-17,20,31H,2,8-9,11-14,18-19H2,1H3. The molecule has 1 N–H and O–H groups in total. The quantitative estimate of drug-likeness (QED) is 0.401. The second kappa shape index (κ2) is 12.1. The summed E-state index contributed by atoms with van der Waals surface area (Å²) in [6.07, 6.45) is 3.45. The predicted octanol–water partition coefficient (Wildman–Crippen LogP) is 3.32.